The number of fused-ring (bicyclic) bond motifs is 1. The van der Waals surface area contributed by atoms with Crippen LogP contribution in [0.4, 0.5) is 20.3 Å². The monoisotopic (exact) mass is 357 g/mol. The van der Waals surface area contributed by atoms with Gasteiger partial charge in [0, 0.05) is 50.2 Å². The Morgan fingerprint density at radius 1 is 1.12 bits per heavy atom. The SMILES string of the molecule is CCN(CCC(F)F)c1ccc(-c2cc3nccnc3c(NC)n2)cc1. The molecule has 0 amide bonds. The van der Waals surface area contributed by atoms with Gasteiger partial charge in [0.25, 0.3) is 0 Å². The summed E-state index contributed by atoms with van der Waals surface area (Å²) in [6.07, 6.45) is 0.868. The summed E-state index contributed by atoms with van der Waals surface area (Å²) in [5.74, 6) is 0.668. The number of nitrogens with one attached hydrogen (secondary N) is 1. The van der Waals surface area contributed by atoms with Crippen LogP contribution in [-0.2, 0) is 0 Å². The third-order valence-corrected chi connectivity index (χ3v) is 4.22. The van der Waals surface area contributed by atoms with E-state index in [0.29, 0.717) is 18.9 Å². The zero-order valence-electron chi connectivity index (χ0n) is 14.8. The minimum atomic E-state index is -2.29. The molecule has 5 nitrogen and oxygen atoms in total. The molecule has 2 heterocycles. The smallest absolute Gasteiger partial charge is 0.240 e. The highest BCUT2D eigenvalue weighted by atomic mass is 19.3. The van der Waals surface area contributed by atoms with Crippen LogP contribution in [0.25, 0.3) is 22.3 Å². The van der Waals surface area contributed by atoms with Gasteiger partial charge in [-0.3, -0.25) is 4.98 Å². The quantitative estimate of drug-likeness (QED) is 0.686. The summed E-state index contributed by atoms with van der Waals surface area (Å²) >= 11 is 0. The van der Waals surface area contributed by atoms with E-state index in [4.69, 9.17) is 0 Å². The van der Waals surface area contributed by atoms with Gasteiger partial charge in [0.15, 0.2) is 5.82 Å². The molecule has 3 rings (SSSR count). The van der Waals surface area contributed by atoms with Crippen molar-refractivity contribution in [2.75, 3.05) is 30.4 Å². The zero-order chi connectivity index (χ0) is 18.5. The first-order valence-corrected chi connectivity index (χ1v) is 8.55. The largest absolute Gasteiger partial charge is 0.372 e. The minimum Gasteiger partial charge on any atom is -0.372 e. The Hall–Kier alpha value is -2.83. The lowest BCUT2D eigenvalue weighted by molar-refractivity contribution is 0.140. The number of hydrogen-bond donors (Lipinski definition) is 1. The maximum atomic E-state index is 12.5. The lowest BCUT2D eigenvalue weighted by Crippen LogP contribution is -2.25. The predicted molar refractivity (Wildman–Crippen MR) is 101 cm³/mol. The van der Waals surface area contributed by atoms with Gasteiger partial charge >= 0.3 is 0 Å². The maximum absolute atomic E-state index is 12.5. The molecule has 3 aromatic rings. The summed E-state index contributed by atoms with van der Waals surface area (Å²) in [5.41, 5.74) is 4.12. The van der Waals surface area contributed by atoms with Gasteiger partial charge in [-0.2, -0.15) is 0 Å². The fourth-order valence-electron chi connectivity index (χ4n) is 2.86. The minimum absolute atomic E-state index is 0.133. The second-order valence-corrected chi connectivity index (χ2v) is 5.84. The molecule has 0 spiro atoms. The third kappa shape index (κ3) is 3.87. The van der Waals surface area contributed by atoms with Crippen LogP contribution in [0.1, 0.15) is 13.3 Å². The second-order valence-electron chi connectivity index (χ2n) is 5.84. The topological polar surface area (TPSA) is 53.9 Å². The number of hydrogen-bond acceptors (Lipinski definition) is 5. The van der Waals surface area contributed by atoms with Crippen molar-refractivity contribution in [2.24, 2.45) is 0 Å². The molecular formula is C19H21F2N5. The number of aromatic nitrogens is 3. The molecule has 0 saturated carbocycles. The van der Waals surface area contributed by atoms with Crippen LogP contribution >= 0.6 is 0 Å². The summed E-state index contributed by atoms with van der Waals surface area (Å²) in [5, 5.41) is 3.05. The number of rotatable bonds is 7. The Bertz CT molecular complexity index is 867. The van der Waals surface area contributed by atoms with Gasteiger partial charge in [-0.25, -0.2) is 18.7 Å². The van der Waals surface area contributed by atoms with Crippen molar-refractivity contribution in [1.82, 2.24) is 15.0 Å². The van der Waals surface area contributed by atoms with Crippen molar-refractivity contribution in [1.29, 1.82) is 0 Å². The number of alkyl halides is 2. The molecule has 0 fully saturated rings. The lowest BCUT2D eigenvalue weighted by atomic mass is 10.1. The molecule has 0 saturated heterocycles. The van der Waals surface area contributed by atoms with Gasteiger partial charge in [-0.05, 0) is 25.1 Å². The van der Waals surface area contributed by atoms with E-state index in [9.17, 15) is 8.78 Å². The van der Waals surface area contributed by atoms with Crippen LogP contribution in [0, 0.1) is 0 Å². The Morgan fingerprint density at radius 3 is 2.50 bits per heavy atom. The summed E-state index contributed by atoms with van der Waals surface area (Å²) in [7, 11) is 1.80. The molecule has 136 valence electrons. The zero-order valence-corrected chi connectivity index (χ0v) is 14.8. The molecule has 0 aliphatic carbocycles. The van der Waals surface area contributed by atoms with Gasteiger partial charge in [-0.1, -0.05) is 12.1 Å². The van der Waals surface area contributed by atoms with E-state index in [1.807, 2.05) is 42.2 Å². The van der Waals surface area contributed by atoms with E-state index in [-0.39, 0.29) is 6.42 Å². The molecule has 0 bridgehead atoms. The predicted octanol–water partition coefficient (Wildman–Crippen LogP) is 4.22. The fourth-order valence-corrected chi connectivity index (χ4v) is 2.86. The molecule has 26 heavy (non-hydrogen) atoms. The number of nitrogens with zero attached hydrogens (tertiary/aromatic N) is 4. The van der Waals surface area contributed by atoms with E-state index in [1.165, 1.54) is 0 Å². The number of benzene rings is 1. The van der Waals surface area contributed by atoms with Crippen LogP contribution in [0.3, 0.4) is 0 Å². The van der Waals surface area contributed by atoms with Crippen LogP contribution in [0.15, 0.2) is 42.7 Å². The van der Waals surface area contributed by atoms with Crippen molar-refractivity contribution in [2.45, 2.75) is 19.8 Å². The molecular weight excluding hydrogens is 336 g/mol. The van der Waals surface area contributed by atoms with Crippen LogP contribution in [0.2, 0.25) is 0 Å². The summed E-state index contributed by atoms with van der Waals surface area (Å²) < 4.78 is 25.0. The van der Waals surface area contributed by atoms with Gasteiger partial charge in [0.05, 0.1) is 11.2 Å². The average Bonchev–Trinajstić information content (AvgIpc) is 2.68. The number of halogens is 2. The highest BCUT2D eigenvalue weighted by Gasteiger charge is 2.11. The normalized spacial score (nSPS) is 11.1. The first kappa shape index (κ1) is 18.0. The van der Waals surface area contributed by atoms with Crippen molar-refractivity contribution in [3.63, 3.8) is 0 Å². The molecule has 1 N–H and O–H groups in total. The molecule has 1 aromatic carbocycles. The highest BCUT2D eigenvalue weighted by Crippen LogP contribution is 2.27. The van der Waals surface area contributed by atoms with Crippen molar-refractivity contribution in [3.8, 4) is 11.3 Å². The van der Waals surface area contributed by atoms with E-state index >= 15 is 0 Å². The van der Waals surface area contributed by atoms with Gasteiger partial charge in [0.2, 0.25) is 6.43 Å². The Balaban J connectivity index is 1.89. The molecule has 0 aliphatic heterocycles. The van der Waals surface area contributed by atoms with Gasteiger partial charge in [-0.15, -0.1) is 0 Å². The van der Waals surface area contributed by atoms with Gasteiger partial charge in [0.1, 0.15) is 5.52 Å². The van der Waals surface area contributed by atoms with Gasteiger partial charge < -0.3 is 10.2 Å². The summed E-state index contributed by atoms with van der Waals surface area (Å²) in [6.45, 7) is 2.98. The maximum Gasteiger partial charge on any atom is 0.240 e. The van der Waals surface area contributed by atoms with Crippen molar-refractivity contribution < 1.29 is 8.78 Å². The third-order valence-electron chi connectivity index (χ3n) is 4.22. The first-order chi connectivity index (χ1) is 12.6. The molecule has 0 unspecified atom stereocenters. The average molecular weight is 357 g/mol. The molecule has 0 aliphatic rings. The van der Waals surface area contributed by atoms with Crippen molar-refractivity contribution >= 4 is 22.5 Å². The summed E-state index contributed by atoms with van der Waals surface area (Å²) in [4.78, 5) is 15.2. The van der Waals surface area contributed by atoms with Crippen molar-refractivity contribution in [3.05, 3.63) is 42.7 Å². The van der Waals surface area contributed by atoms with E-state index in [1.54, 1.807) is 19.4 Å². The molecule has 7 heteroatoms. The van der Waals surface area contributed by atoms with E-state index < -0.39 is 6.43 Å². The second kappa shape index (κ2) is 8.03. The Kier molecular flexibility index (Phi) is 5.55. The summed E-state index contributed by atoms with van der Waals surface area (Å²) in [6, 6.07) is 9.67. The number of pyridine rings is 1. The molecule has 0 radical (unpaired) electrons. The van der Waals surface area contributed by atoms with E-state index in [2.05, 4.69) is 20.3 Å². The highest BCUT2D eigenvalue weighted by molar-refractivity contribution is 5.88. The van der Waals surface area contributed by atoms with Crippen LogP contribution in [-0.4, -0.2) is 41.5 Å². The fraction of sp³-hybridized carbons (Fsp3) is 0.316. The lowest BCUT2D eigenvalue weighted by Gasteiger charge is -2.23. The molecule has 2 aromatic heterocycles. The first-order valence-electron chi connectivity index (χ1n) is 8.55. The van der Waals surface area contributed by atoms with Crippen LogP contribution < -0.4 is 10.2 Å². The Morgan fingerprint density at radius 2 is 1.85 bits per heavy atom. The number of anilines is 2. The van der Waals surface area contributed by atoms with E-state index in [0.717, 1.165) is 28.0 Å². The molecule has 0 atom stereocenters. The van der Waals surface area contributed by atoms with Crippen LogP contribution in [0.5, 0.6) is 0 Å². The Labute approximate surface area is 151 Å². The standard InChI is InChI=1S/C19H21F2N5/c1-3-26(11-8-17(20)21)14-6-4-13(5-7-14)15-12-16-18(19(22-2)25-15)24-10-9-23-16/h4-7,9-10,12,17H,3,8,11H2,1-2H3,(H,22,25).